The quantitative estimate of drug-likeness (QED) is 0.618. The van der Waals surface area contributed by atoms with Crippen molar-refractivity contribution < 1.29 is 17.9 Å². The van der Waals surface area contributed by atoms with Crippen molar-refractivity contribution in [2.24, 2.45) is 0 Å². The van der Waals surface area contributed by atoms with Crippen molar-refractivity contribution in [3.63, 3.8) is 0 Å². The molecule has 3 heterocycles. The van der Waals surface area contributed by atoms with Crippen molar-refractivity contribution in [3.05, 3.63) is 57.2 Å². The lowest BCUT2D eigenvalue weighted by molar-refractivity contribution is 0.0602. The highest BCUT2D eigenvalue weighted by Gasteiger charge is 2.26. The molecule has 3 rings (SSSR count). The molecule has 132 valence electrons. The average Bonchev–Trinajstić information content (AvgIpc) is 3.34. The van der Waals surface area contributed by atoms with Crippen LogP contribution in [0, 0.1) is 0 Å². The van der Waals surface area contributed by atoms with E-state index in [4.69, 9.17) is 0 Å². The summed E-state index contributed by atoms with van der Waals surface area (Å²) in [5.74, 6) is -0.670. The fourth-order valence-electron chi connectivity index (χ4n) is 2.31. The van der Waals surface area contributed by atoms with Crippen LogP contribution in [0.4, 0.5) is 0 Å². The second kappa shape index (κ2) is 7.48. The highest BCUT2D eigenvalue weighted by molar-refractivity contribution is 7.89. The van der Waals surface area contributed by atoms with Crippen LogP contribution in [-0.2, 0) is 14.8 Å². The zero-order valence-corrected chi connectivity index (χ0v) is 15.6. The Hall–Kier alpha value is -2.01. The van der Waals surface area contributed by atoms with E-state index in [0.717, 1.165) is 16.9 Å². The number of ether oxygens (including phenoxy) is 1. The van der Waals surface area contributed by atoms with E-state index >= 15 is 0 Å². The molecule has 0 aromatic carbocycles. The molecule has 0 bridgehead atoms. The van der Waals surface area contributed by atoms with E-state index in [0.29, 0.717) is 0 Å². The normalized spacial score (nSPS) is 12.8. The number of carbonyl (C=O) groups excluding carboxylic acids is 1. The van der Waals surface area contributed by atoms with Crippen LogP contribution in [0.2, 0.25) is 0 Å². The van der Waals surface area contributed by atoms with Gasteiger partial charge in [0, 0.05) is 18.9 Å². The number of sulfonamides is 1. The van der Waals surface area contributed by atoms with Gasteiger partial charge in [0.1, 0.15) is 9.77 Å². The minimum Gasteiger partial charge on any atom is -0.465 e. The topological polar surface area (TPSA) is 90.3 Å². The number of aromatic nitrogens is 2. The summed E-state index contributed by atoms with van der Waals surface area (Å²) in [4.78, 5) is 11.7. The first-order valence-corrected chi connectivity index (χ1v) is 10.5. The lowest BCUT2D eigenvalue weighted by Crippen LogP contribution is -2.32. The summed E-state index contributed by atoms with van der Waals surface area (Å²) in [6, 6.07) is 4.82. The van der Waals surface area contributed by atoms with Gasteiger partial charge in [0.2, 0.25) is 10.0 Å². The maximum absolute atomic E-state index is 12.6. The van der Waals surface area contributed by atoms with Crippen LogP contribution >= 0.6 is 22.7 Å². The summed E-state index contributed by atoms with van der Waals surface area (Å²) in [5.41, 5.74) is 0.954. The van der Waals surface area contributed by atoms with Crippen molar-refractivity contribution in [2.45, 2.75) is 10.9 Å². The van der Waals surface area contributed by atoms with Crippen molar-refractivity contribution >= 4 is 38.7 Å². The van der Waals surface area contributed by atoms with Gasteiger partial charge in [0.15, 0.2) is 0 Å². The van der Waals surface area contributed by atoms with Crippen LogP contribution in [-0.4, -0.2) is 37.8 Å². The first-order valence-electron chi connectivity index (χ1n) is 7.19. The minimum atomic E-state index is -3.86. The minimum absolute atomic E-state index is 0.0566. The Morgan fingerprint density at radius 2 is 2.24 bits per heavy atom. The van der Waals surface area contributed by atoms with E-state index in [1.54, 1.807) is 28.5 Å². The van der Waals surface area contributed by atoms with Crippen LogP contribution in [0.3, 0.4) is 0 Å². The van der Waals surface area contributed by atoms with Crippen molar-refractivity contribution in [1.82, 2.24) is 14.5 Å². The Bertz CT molecular complexity index is 897. The van der Waals surface area contributed by atoms with Gasteiger partial charge in [-0.3, -0.25) is 4.68 Å². The summed E-state index contributed by atoms with van der Waals surface area (Å²) < 4.78 is 34.2. The fraction of sp³-hybridized carbons (Fsp3) is 0.200. The number of rotatable bonds is 7. The molecule has 3 aromatic rings. The third-order valence-electron chi connectivity index (χ3n) is 3.53. The summed E-state index contributed by atoms with van der Waals surface area (Å²) >= 11 is 2.56. The summed E-state index contributed by atoms with van der Waals surface area (Å²) in [7, 11) is -2.64. The molecule has 0 aliphatic carbocycles. The van der Waals surface area contributed by atoms with E-state index in [9.17, 15) is 13.2 Å². The zero-order valence-electron chi connectivity index (χ0n) is 13.2. The van der Waals surface area contributed by atoms with E-state index in [2.05, 4.69) is 14.6 Å². The molecule has 0 amide bonds. The first-order chi connectivity index (χ1) is 12.0. The second-order valence-corrected chi connectivity index (χ2v) is 8.45. The first kappa shape index (κ1) is 17.8. The van der Waals surface area contributed by atoms with E-state index < -0.39 is 16.0 Å². The van der Waals surface area contributed by atoms with Gasteiger partial charge in [-0.15, -0.1) is 11.3 Å². The number of methoxy groups -OCH3 is 1. The molecule has 3 aromatic heterocycles. The summed E-state index contributed by atoms with van der Waals surface area (Å²) in [5, 5.41) is 9.63. The predicted molar refractivity (Wildman–Crippen MR) is 95.5 cm³/mol. The van der Waals surface area contributed by atoms with Gasteiger partial charge in [-0.05, 0) is 39.9 Å². The monoisotopic (exact) mass is 397 g/mol. The van der Waals surface area contributed by atoms with Gasteiger partial charge in [-0.25, -0.2) is 17.9 Å². The smallest absolute Gasteiger partial charge is 0.349 e. The number of nitrogens with one attached hydrogen (secondary N) is 1. The third-order valence-corrected chi connectivity index (χ3v) is 6.72. The van der Waals surface area contributed by atoms with Crippen LogP contribution in [0.15, 0.2) is 51.6 Å². The van der Waals surface area contributed by atoms with Gasteiger partial charge in [-0.1, -0.05) is 0 Å². The molecular formula is C15H15N3O4S3. The highest BCUT2D eigenvalue weighted by atomic mass is 32.2. The molecule has 10 heteroatoms. The van der Waals surface area contributed by atoms with Crippen LogP contribution in [0.25, 0.3) is 0 Å². The molecule has 0 saturated carbocycles. The molecule has 25 heavy (non-hydrogen) atoms. The molecular weight excluding hydrogens is 382 g/mol. The number of carbonyl (C=O) groups is 1. The van der Waals surface area contributed by atoms with Crippen molar-refractivity contribution in [1.29, 1.82) is 0 Å². The molecule has 1 atom stereocenters. The lowest BCUT2D eigenvalue weighted by Gasteiger charge is -2.17. The summed E-state index contributed by atoms with van der Waals surface area (Å²) in [6.45, 7) is 0.108. The number of nitrogens with zero attached hydrogens (tertiary/aromatic N) is 2. The molecule has 1 N–H and O–H groups in total. The Balaban J connectivity index is 1.83. The van der Waals surface area contributed by atoms with Crippen LogP contribution in [0.5, 0.6) is 0 Å². The largest absolute Gasteiger partial charge is 0.465 e. The Morgan fingerprint density at radius 1 is 1.40 bits per heavy atom. The zero-order chi connectivity index (χ0) is 17.9. The van der Waals surface area contributed by atoms with Crippen LogP contribution < -0.4 is 4.72 Å². The highest BCUT2D eigenvalue weighted by Crippen LogP contribution is 2.24. The molecule has 0 fully saturated rings. The van der Waals surface area contributed by atoms with Crippen molar-refractivity contribution in [2.75, 3.05) is 13.7 Å². The van der Waals surface area contributed by atoms with Gasteiger partial charge in [-0.2, -0.15) is 16.4 Å². The maximum Gasteiger partial charge on any atom is 0.349 e. The fourth-order valence-corrected chi connectivity index (χ4v) is 5.39. The van der Waals surface area contributed by atoms with E-state index in [1.807, 2.05) is 16.8 Å². The molecule has 0 aliphatic rings. The third kappa shape index (κ3) is 3.82. The van der Waals surface area contributed by atoms with E-state index in [-0.39, 0.29) is 22.4 Å². The van der Waals surface area contributed by atoms with E-state index in [1.165, 1.54) is 24.5 Å². The van der Waals surface area contributed by atoms with Gasteiger partial charge < -0.3 is 4.74 Å². The molecule has 0 spiro atoms. The second-order valence-electron chi connectivity index (χ2n) is 5.02. The van der Waals surface area contributed by atoms with Gasteiger partial charge in [0.25, 0.3) is 0 Å². The molecule has 0 saturated heterocycles. The lowest BCUT2D eigenvalue weighted by atomic mass is 10.1. The molecule has 7 nitrogen and oxygen atoms in total. The predicted octanol–water partition coefficient (Wildman–Crippen LogP) is 2.36. The number of thiophene rings is 2. The standard InChI is InChI=1S/C15H15N3O4S3/c1-22-15(19)14-13(4-8-24-14)25(20,21)17-9-12(11-3-7-23-10-11)18-6-2-5-16-18/h2-8,10,12,17H,9H2,1H3/t12-/m1/s1. The number of hydrogen-bond acceptors (Lipinski definition) is 7. The number of hydrogen-bond donors (Lipinski definition) is 1. The summed E-state index contributed by atoms with van der Waals surface area (Å²) in [6.07, 6.45) is 3.42. The molecule has 0 unspecified atom stereocenters. The number of esters is 1. The Kier molecular flexibility index (Phi) is 5.33. The molecule has 0 radical (unpaired) electrons. The Morgan fingerprint density at radius 3 is 2.88 bits per heavy atom. The van der Waals surface area contributed by atoms with Crippen LogP contribution in [0.1, 0.15) is 21.3 Å². The SMILES string of the molecule is COC(=O)c1sccc1S(=O)(=O)NC[C@H](c1ccsc1)n1cccn1. The average molecular weight is 398 g/mol. The van der Waals surface area contributed by atoms with Gasteiger partial charge >= 0.3 is 5.97 Å². The molecule has 0 aliphatic heterocycles. The Labute approximate surface area is 152 Å². The van der Waals surface area contributed by atoms with Gasteiger partial charge in [0.05, 0.1) is 13.2 Å². The maximum atomic E-state index is 12.6. The van der Waals surface area contributed by atoms with Crippen molar-refractivity contribution in [3.8, 4) is 0 Å².